The largest absolute Gasteiger partial charge is 0.442 e. The second-order valence-electron chi connectivity index (χ2n) is 5.54. The number of nitrogens with zero attached hydrogens (tertiary/aromatic N) is 1. The maximum Gasteiger partial charge on any atom is 0.415 e. The first-order valence-electron chi connectivity index (χ1n) is 7.70. The third-order valence-corrected chi connectivity index (χ3v) is 4.47. The molecule has 7 nitrogen and oxygen atoms in total. The van der Waals surface area contributed by atoms with Gasteiger partial charge in [0.2, 0.25) is 5.91 Å². The third kappa shape index (κ3) is 4.16. The molecule has 2 heterocycles. The molecule has 1 aromatic carbocycles. The topological polar surface area (TPSA) is 87.7 Å². The first-order chi connectivity index (χ1) is 12.0. The quantitative estimate of drug-likeness (QED) is 0.858. The summed E-state index contributed by atoms with van der Waals surface area (Å²) in [5.41, 5.74) is 0.974. The lowest BCUT2D eigenvalue weighted by atomic mass is 10.2. The van der Waals surface area contributed by atoms with Crippen molar-refractivity contribution < 1.29 is 19.1 Å². The normalized spacial score (nSPS) is 16.4. The zero-order valence-corrected chi connectivity index (χ0v) is 14.3. The summed E-state index contributed by atoms with van der Waals surface area (Å²) in [6, 6.07) is 10.4. The molecule has 1 fully saturated rings. The molecular weight excluding hydrogens is 342 g/mol. The Labute approximate surface area is 148 Å². The number of hydrogen-bond acceptors (Lipinski definition) is 5. The fourth-order valence-corrected chi connectivity index (χ4v) is 3.21. The number of carbonyl (C=O) groups is 3. The molecule has 0 aliphatic carbocycles. The predicted molar refractivity (Wildman–Crippen MR) is 95.0 cm³/mol. The first-order valence-corrected chi connectivity index (χ1v) is 8.58. The highest BCUT2D eigenvalue weighted by molar-refractivity contribution is 7.14. The van der Waals surface area contributed by atoms with Gasteiger partial charge in [0.05, 0.1) is 13.1 Å². The van der Waals surface area contributed by atoms with E-state index in [2.05, 4.69) is 10.6 Å². The molecule has 0 radical (unpaired) electrons. The number of rotatable bonds is 5. The van der Waals surface area contributed by atoms with E-state index in [0.717, 1.165) is 5.00 Å². The second-order valence-corrected chi connectivity index (χ2v) is 6.47. The lowest BCUT2D eigenvalue weighted by Crippen LogP contribution is -2.34. The lowest BCUT2D eigenvalue weighted by molar-refractivity contribution is -0.114. The van der Waals surface area contributed by atoms with Crippen molar-refractivity contribution in [1.29, 1.82) is 0 Å². The predicted octanol–water partition coefficient (Wildman–Crippen LogP) is 2.46. The van der Waals surface area contributed by atoms with Crippen LogP contribution in [0.4, 0.5) is 15.5 Å². The number of cyclic esters (lactones) is 1. The van der Waals surface area contributed by atoms with Crippen LogP contribution >= 0.6 is 11.3 Å². The van der Waals surface area contributed by atoms with E-state index in [4.69, 9.17) is 4.74 Å². The smallest absolute Gasteiger partial charge is 0.415 e. The molecule has 1 aromatic heterocycles. The Morgan fingerprint density at radius 1 is 1.32 bits per heavy atom. The minimum atomic E-state index is -0.408. The average molecular weight is 359 g/mol. The molecule has 130 valence electrons. The summed E-state index contributed by atoms with van der Waals surface area (Å²) in [5, 5.41) is 8.10. The number of anilines is 2. The molecule has 0 spiro atoms. The van der Waals surface area contributed by atoms with Gasteiger partial charge in [-0.25, -0.2) is 4.79 Å². The van der Waals surface area contributed by atoms with E-state index in [1.807, 2.05) is 17.5 Å². The highest BCUT2D eigenvalue weighted by Gasteiger charge is 2.33. The standard InChI is InChI=1S/C17H17N3O4S/c1-11(21)19-13-5-2-4-12(8-13)16(22)18-9-14-10-20(17(23)24-14)15-6-3-7-25-15/h2-8,14H,9-10H2,1H3,(H,18,22)(H,19,21). The Morgan fingerprint density at radius 3 is 2.88 bits per heavy atom. The van der Waals surface area contributed by atoms with E-state index in [0.29, 0.717) is 17.8 Å². The minimum absolute atomic E-state index is 0.205. The Bertz CT molecular complexity index is 791. The van der Waals surface area contributed by atoms with Gasteiger partial charge in [-0.15, -0.1) is 11.3 Å². The fourth-order valence-electron chi connectivity index (χ4n) is 2.48. The highest BCUT2D eigenvalue weighted by Crippen LogP contribution is 2.26. The maximum atomic E-state index is 12.3. The maximum absolute atomic E-state index is 12.3. The van der Waals surface area contributed by atoms with Gasteiger partial charge in [0.15, 0.2) is 0 Å². The molecule has 3 amide bonds. The molecule has 2 aromatic rings. The number of amides is 3. The van der Waals surface area contributed by atoms with E-state index >= 15 is 0 Å². The Hall–Kier alpha value is -2.87. The van der Waals surface area contributed by atoms with Crippen LogP contribution in [0.3, 0.4) is 0 Å². The number of thiophene rings is 1. The molecule has 2 N–H and O–H groups in total. The van der Waals surface area contributed by atoms with Crippen molar-refractivity contribution in [1.82, 2.24) is 5.32 Å². The van der Waals surface area contributed by atoms with Gasteiger partial charge in [-0.3, -0.25) is 14.5 Å². The second kappa shape index (κ2) is 7.35. The molecule has 1 unspecified atom stereocenters. The third-order valence-electron chi connectivity index (χ3n) is 3.58. The van der Waals surface area contributed by atoms with E-state index in [9.17, 15) is 14.4 Å². The molecule has 8 heteroatoms. The van der Waals surface area contributed by atoms with Gasteiger partial charge in [-0.05, 0) is 35.7 Å². The molecule has 1 aliphatic heterocycles. The van der Waals surface area contributed by atoms with Crippen molar-refractivity contribution in [2.75, 3.05) is 23.3 Å². The lowest BCUT2D eigenvalue weighted by Gasteiger charge is -2.11. The molecule has 0 bridgehead atoms. The molecule has 1 atom stereocenters. The molecular formula is C17H17N3O4S. The Morgan fingerprint density at radius 2 is 2.16 bits per heavy atom. The van der Waals surface area contributed by atoms with Crippen molar-refractivity contribution in [2.24, 2.45) is 0 Å². The summed E-state index contributed by atoms with van der Waals surface area (Å²) in [6.07, 6.45) is -0.813. The van der Waals surface area contributed by atoms with Gasteiger partial charge in [-0.1, -0.05) is 6.07 Å². The summed E-state index contributed by atoms with van der Waals surface area (Å²) >= 11 is 1.46. The zero-order valence-electron chi connectivity index (χ0n) is 13.5. The zero-order chi connectivity index (χ0) is 17.8. The van der Waals surface area contributed by atoms with Crippen molar-refractivity contribution in [3.8, 4) is 0 Å². The van der Waals surface area contributed by atoms with Crippen LogP contribution in [-0.2, 0) is 9.53 Å². The SMILES string of the molecule is CC(=O)Nc1cccc(C(=O)NCC2CN(c3cccs3)C(=O)O2)c1. The average Bonchev–Trinajstić information content (AvgIpc) is 3.21. The van der Waals surface area contributed by atoms with Gasteiger partial charge in [0.1, 0.15) is 11.1 Å². The van der Waals surface area contributed by atoms with Crippen LogP contribution in [0, 0.1) is 0 Å². The summed E-state index contributed by atoms with van der Waals surface area (Å²) in [4.78, 5) is 36.8. The number of carbonyl (C=O) groups excluding carboxylic acids is 3. The number of nitrogens with one attached hydrogen (secondary N) is 2. The van der Waals surface area contributed by atoms with Gasteiger partial charge in [0, 0.05) is 18.2 Å². The summed E-state index contributed by atoms with van der Waals surface area (Å²) < 4.78 is 5.28. The fraction of sp³-hybridized carbons (Fsp3) is 0.235. The van der Waals surface area contributed by atoms with Crippen molar-refractivity contribution in [3.63, 3.8) is 0 Å². The number of benzene rings is 1. The van der Waals surface area contributed by atoms with E-state index in [1.54, 1.807) is 29.2 Å². The molecule has 1 aliphatic rings. The van der Waals surface area contributed by atoms with Gasteiger partial charge >= 0.3 is 6.09 Å². The van der Waals surface area contributed by atoms with E-state index < -0.39 is 12.2 Å². The minimum Gasteiger partial charge on any atom is -0.442 e. The number of hydrogen-bond donors (Lipinski definition) is 2. The first kappa shape index (κ1) is 17.0. The van der Waals surface area contributed by atoms with Crippen LogP contribution in [0.2, 0.25) is 0 Å². The van der Waals surface area contributed by atoms with E-state index in [1.165, 1.54) is 18.3 Å². The Kier molecular flexibility index (Phi) is 4.99. The molecule has 1 saturated heterocycles. The summed E-state index contributed by atoms with van der Waals surface area (Å²) in [7, 11) is 0. The van der Waals surface area contributed by atoms with Crippen molar-refractivity contribution in [3.05, 3.63) is 47.3 Å². The number of ether oxygens (including phenoxy) is 1. The van der Waals surface area contributed by atoms with Crippen LogP contribution in [-0.4, -0.2) is 37.1 Å². The van der Waals surface area contributed by atoms with Crippen molar-refractivity contribution >= 4 is 39.9 Å². The molecule has 0 saturated carbocycles. The highest BCUT2D eigenvalue weighted by atomic mass is 32.1. The van der Waals surface area contributed by atoms with E-state index in [-0.39, 0.29) is 18.4 Å². The van der Waals surface area contributed by atoms with Crippen molar-refractivity contribution in [2.45, 2.75) is 13.0 Å². The van der Waals surface area contributed by atoms with Crippen LogP contribution in [0.25, 0.3) is 0 Å². The van der Waals surface area contributed by atoms with Crippen LogP contribution < -0.4 is 15.5 Å². The Balaban J connectivity index is 1.56. The summed E-state index contributed by atoms with van der Waals surface area (Å²) in [6.45, 7) is 2.02. The van der Waals surface area contributed by atoms with Gasteiger partial charge in [0.25, 0.3) is 5.91 Å². The molecule has 25 heavy (non-hydrogen) atoms. The van der Waals surface area contributed by atoms with Gasteiger partial charge in [-0.2, -0.15) is 0 Å². The molecule has 3 rings (SSSR count). The van der Waals surface area contributed by atoms with Crippen LogP contribution in [0.5, 0.6) is 0 Å². The van der Waals surface area contributed by atoms with Gasteiger partial charge < -0.3 is 15.4 Å². The van der Waals surface area contributed by atoms with Crippen LogP contribution in [0.15, 0.2) is 41.8 Å². The monoisotopic (exact) mass is 359 g/mol. The van der Waals surface area contributed by atoms with Crippen LogP contribution in [0.1, 0.15) is 17.3 Å². The summed E-state index contributed by atoms with van der Waals surface area (Å²) in [5.74, 6) is -0.498.